The average Bonchev–Trinajstić information content (AvgIpc) is 3.41. The highest BCUT2D eigenvalue weighted by Crippen LogP contribution is 2.53. The number of rotatable bonds is 5. The molecular formula is C22H18N2O5. The molecule has 7 nitrogen and oxygen atoms in total. The highest BCUT2D eigenvalue weighted by atomic mass is 16.6. The molecule has 3 aliphatic rings. The molecule has 0 unspecified atom stereocenters. The van der Waals surface area contributed by atoms with Gasteiger partial charge in [0.1, 0.15) is 12.4 Å². The molecule has 29 heavy (non-hydrogen) atoms. The fraction of sp³-hybridized carbons (Fsp3) is 0.273. The number of amides is 2. The lowest BCUT2D eigenvalue weighted by Gasteiger charge is -2.17. The zero-order chi connectivity index (χ0) is 20.1. The quantitative estimate of drug-likeness (QED) is 0.337. The minimum Gasteiger partial charge on any atom is -0.489 e. The molecule has 4 atom stereocenters. The SMILES string of the molecule is O=C1[C@@H]2[C@@H](C(=O)N1c1ccc(OCc3ccc([N+](=O)[O-])cc3)cc1)[C@H]1C=C[C@H]2C1. The van der Waals surface area contributed by atoms with Crippen molar-refractivity contribution < 1.29 is 19.2 Å². The Labute approximate surface area is 166 Å². The molecule has 146 valence electrons. The minimum atomic E-state index is -0.444. The number of nitrogens with zero attached hydrogens (tertiary/aromatic N) is 2. The maximum Gasteiger partial charge on any atom is 0.269 e. The van der Waals surface area contributed by atoms with E-state index in [9.17, 15) is 19.7 Å². The number of carbonyl (C=O) groups is 2. The normalized spacial score (nSPS) is 26.8. The molecule has 2 aromatic rings. The molecule has 1 aliphatic heterocycles. The third kappa shape index (κ3) is 2.81. The molecular weight excluding hydrogens is 372 g/mol. The smallest absolute Gasteiger partial charge is 0.269 e. The fourth-order valence-electron chi connectivity index (χ4n) is 4.73. The van der Waals surface area contributed by atoms with Crippen molar-refractivity contribution in [2.24, 2.45) is 23.7 Å². The second-order valence-electron chi connectivity index (χ2n) is 7.72. The Morgan fingerprint density at radius 1 is 0.931 bits per heavy atom. The van der Waals surface area contributed by atoms with Gasteiger partial charge in [-0.3, -0.25) is 24.6 Å². The predicted octanol–water partition coefficient (Wildman–Crippen LogP) is 3.49. The second kappa shape index (κ2) is 6.55. The van der Waals surface area contributed by atoms with Gasteiger partial charge < -0.3 is 4.74 Å². The van der Waals surface area contributed by atoms with Gasteiger partial charge in [-0.15, -0.1) is 0 Å². The lowest BCUT2D eigenvalue weighted by atomic mass is 9.85. The molecule has 7 heteroatoms. The molecule has 1 saturated carbocycles. The molecule has 2 fully saturated rings. The zero-order valence-corrected chi connectivity index (χ0v) is 15.4. The van der Waals surface area contributed by atoms with E-state index in [0.717, 1.165) is 12.0 Å². The third-order valence-electron chi connectivity index (χ3n) is 6.12. The van der Waals surface area contributed by atoms with E-state index in [1.165, 1.54) is 17.0 Å². The molecule has 5 rings (SSSR count). The fourth-order valence-corrected chi connectivity index (χ4v) is 4.73. The van der Waals surface area contributed by atoms with E-state index in [1.54, 1.807) is 36.4 Å². The van der Waals surface area contributed by atoms with Gasteiger partial charge in [-0.25, -0.2) is 0 Å². The number of allylic oxidation sites excluding steroid dienone is 2. The van der Waals surface area contributed by atoms with Crippen LogP contribution in [0.15, 0.2) is 60.7 Å². The van der Waals surface area contributed by atoms with Crippen molar-refractivity contribution in [3.8, 4) is 5.75 Å². The van der Waals surface area contributed by atoms with Crippen LogP contribution in [0.3, 0.4) is 0 Å². The molecule has 0 aromatic heterocycles. The van der Waals surface area contributed by atoms with Crippen LogP contribution in [0.1, 0.15) is 12.0 Å². The van der Waals surface area contributed by atoms with E-state index in [-0.39, 0.29) is 47.8 Å². The monoisotopic (exact) mass is 390 g/mol. The first-order valence-corrected chi connectivity index (χ1v) is 9.55. The highest BCUT2D eigenvalue weighted by molar-refractivity contribution is 6.22. The number of carbonyl (C=O) groups excluding carboxylic acids is 2. The Morgan fingerprint density at radius 3 is 2.07 bits per heavy atom. The van der Waals surface area contributed by atoms with Crippen LogP contribution in [0.4, 0.5) is 11.4 Å². The van der Waals surface area contributed by atoms with E-state index >= 15 is 0 Å². The third-order valence-corrected chi connectivity index (χ3v) is 6.12. The van der Waals surface area contributed by atoms with E-state index in [0.29, 0.717) is 11.4 Å². The van der Waals surface area contributed by atoms with Crippen molar-refractivity contribution in [3.05, 3.63) is 76.4 Å². The Morgan fingerprint density at radius 2 is 1.52 bits per heavy atom. The first-order chi connectivity index (χ1) is 14.0. The molecule has 2 amide bonds. The van der Waals surface area contributed by atoms with Crippen molar-refractivity contribution in [2.45, 2.75) is 13.0 Å². The largest absolute Gasteiger partial charge is 0.489 e. The number of fused-ring (bicyclic) bond motifs is 5. The maximum absolute atomic E-state index is 12.9. The van der Waals surface area contributed by atoms with Gasteiger partial charge in [-0.05, 0) is 60.2 Å². The van der Waals surface area contributed by atoms with Gasteiger partial charge in [0.25, 0.3) is 5.69 Å². The lowest BCUT2D eigenvalue weighted by Crippen LogP contribution is -2.32. The van der Waals surface area contributed by atoms with Crippen molar-refractivity contribution in [2.75, 3.05) is 4.90 Å². The lowest BCUT2D eigenvalue weighted by molar-refractivity contribution is -0.384. The number of imide groups is 1. The van der Waals surface area contributed by atoms with Crippen LogP contribution in [0, 0.1) is 33.8 Å². The topological polar surface area (TPSA) is 89.8 Å². The molecule has 0 spiro atoms. The minimum absolute atomic E-state index is 0.0338. The van der Waals surface area contributed by atoms with Gasteiger partial charge in [0.15, 0.2) is 0 Å². The van der Waals surface area contributed by atoms with Crippen LogP contribution in [0.25, 0.3) is 0 Å². The van der Waals surface area contributed by atoms with Crippen molar-refractivity contribution in [1.29, 1.82) is 0 Å². The first-order valence-electron chi connectivity index (χ1n) is 9.55. The van der Waals surface area contributed by atoms with Gasteiger partial charge in [-0.2, -0.15) is 0 Å². The van der Waals surface area contributed by atoms with E-state index in [4.69, 9.17) is 4.74 Å². The summed E-state index contributed by atoms with van der Waals surface area (Å²) in [5, 5.41) is 10.7. The summed E-state index contributed by atoms with van der Waals surface area (Å²) in [6, 6.07) is 13.1. The summed E-state index contributed by atoms with van der Waals surface area (Å²) in [4.78, 5) is 37.3. The summed E-state index contributed by atoms with van der Waals surface area (Å²) in [7, 11) is 0. The number of nitro benzene ring substituents is 1. The number of hydrogen-bond acceptors (Lipinski definition) is 5. The predicted molar refractivity (Wildman–Crippen MR) is 104 cm³/mol. The molecule has 1 heterocycles. The average molecular weight is 390 g/mol. The Bertz CT molecular complexity index is 998. The number of non-ortho nitro benzene ring substituents is 1. The summed E-state index contributed by atoms with van der Waals surface area (Å²) in [6.45, 7) is 0.262. The highest BCUT2D eigenvalue weighted by Gasteiger charge is 2.59. The first kappa shape index (κ1) is 17.6. The zero-order valence-electron chi connectivity index (χ0n) is 15.4. The van der Waals surface area contributed by atoms with Gasteiger partial charge >= 0.3 is 0 Å². The van der Waals surface area contributed by atoms with Crippen LogP contribution in [0.2, 0.25) is 0 Å². The Balaban J connectivity index is 1.27. The van der Waals surface area contributed by atoms with Crippen LogP contribution in [-0.4, -0.2) is 16.7 Å². The Hall–Kier alpha value is -3.48. The number of ether oxygens (including phenoxy) is 1. The van der Waals surface area contributed by atoms with E-state index < -0.39 is 4.92 Å². The van der Waals surface area contributed by atoms with Gasteiger partial charge in [0.2, 0.25) is 11.8 Å². The van der Waals surface area contributed by atoms with Crippen LogP contribution in [0.5, 0.6) is 5.75 Å². The number of anilines is 1. The summed E-state index contributed by atoms with van der Waals surface area (Å²) >= 11 is 0. The van der Waals surface area contributed by atoms with Gasteiger partial charge in [0, 0.05) is 12.1 Å². The van der Waals surface area contributed by atoms with Crippen molar-refractivity contribution in [3.63, 3.8) is 0 Å². The summed E-state index contributed by atoms with van der Waals surface area (Å²) in [6.07, 6.45) is 5.07. The molecule has 0 radical (unpaired) electrons. The second-order valence-corrected chi connectivity index (χ2v) is 7.72. The van der Waals surface area contributed by atoms with Crippen LogP contribution >= 0.6 is 0 Å². The van der Waals surface area contributed by atoms with Crippen LogP contribution < -0.4 is 9.64 Å². The molecule has 2 aliphatic carbocycles. The van der Waals surface area contributed by atoms with E-state index in [2.05, 4.69) is 12.2 Å². The Kier molecular flexibility index (Phi) is 3.97. The molecule has 1 saturated heterocycles. The summed E-state index contributed by atoms with van der Waals surface area (Å²) in [5.41, 5.74) is 1.41. The maximum atomic E-state index is 12.9. The molecule has 2 bridgehead atoms. The number of nitro groups is 1. The number of hydrogen-bond donors (Lipinski definition) is 0. The van der Waals surface area contributed by atoms with Gasteiger partial charge in [0.05, 0.1) is 22.4 Å². The van der Waals surface area contributed by atoms with E-state index in [1.807, 2.05) is 0 Å². The van der Waals surface area contributed by atoms with Crippen molar-refractivity contribution in [1.82, 2.24) is 0 Å². The van der Waals surface area contributed by atoms with Crippen LogP contribution in [-0.2, 0) is 16.2 Å². The number of benzene rings is 2. The summed E-state index contributed by atoms with van der Waals surface area (Å²) in [5.74, 6) is 0.346. The summed E-state index contributed by atoms with van der Waals surface area (Å²) < 4.78 is 5.71. The standard InChI is InChI=1S/C22H18N2O5/c25-21-19-14-3-4-15(11-14)20(19)22(26)23(21)16-7-9-18(10-8-16)29-12-13-1-5-17(6-2-13)24(27)28/h1-10,14-15,19-20H,11-12H2/t14-,15-,19-,20-/m0/s1. The molecule has 0 N–H and O–H groups in total. The van der Waals surface area contributed by atoms with Gasteiger partial charge in [-0.1, -0.05) is 12.2 Å². The van der Waals surface area contributed by atoms with Crippen molar-refractivity contribution >= 4 is 23.2 Å². The molecule has 2 aromatic carbocycles.